The van der Waals surface area contributed by atoms with Crippen molar-refractivity contribution in [2.24, 2.45) is 0 Å². The average Bonchev–Trinajstić information content (AvgIpc) is 2.75. The minimum atomic E-state index is -0.139. The van der Waals surface area contributed by atoms with Crippen LogP contribution in [-0.2, 0) is 6.42 Å². The SMILES string of the molecule is Cc1ccc(C(=O)NCCc2ccc(Cl)s2)c(N)c1. The number of hydrogen-bond donors (Lipinski definition) is 2. The number of thiophene rings is 1. The molecule has 0 fully saturated rings. The molecule has 0 aliphatic rings. The molecule has 1 aromatic carbocycles. The molecule has 5 heteroatoms. The Morgan fingerprint density at radius 3 is 2.79 bits per heavy atom. The number of benzene rings is 1. The third kappa shape index (κ3) is 3.72. The van der Waals surface area contributed by atoms with Crippen molar-refractivity contribution in [3.8, 4) is 0 Å². The quantitative estimate of drug-likeness (QED) is 0.850. The Labute approximate surface area is 121 Å². The van der Waals surface area contributed by atoms with Gasteiger partial charge in [0.2, 0.25) is 0 Å². The second-order valence-electron chi connectivity index (χ2n) is 4.30. The minimum absolute atomic E-state index is 0.139. The molecule has 19 heavy (non-hydrogen) atoms. The summed E-state index contributed by atoms with van der Waals surface area (Å²) in [5, 5.41) is 2.86. The molecule has 1 aromatic heterocycles. The van der Waals surface area contributed by atoms with Crippen LogP contribution in [0.1, 0.15) is 20.8 Å². The van der Waals surface area contributed by atoms with Crippen molar-refractivity contribution in [3.63, 3.8) is 0 Å². The Bertz CT molecular complexity index is 595. The highest BCUT2D eigenvalue weighted by atomic mass is 35.5. The van der Waals surface area contributed by atoms with Gasteiger partial charge >= 0.3 is 0 Å². The van der Waals surface area contributed by atoms with Crippen molar-refractivity contribution in [3.05, 3.63) is 50.7 Å². The molecule has 2 aromatic rings. The van der Waals surface area contributed by atoms with Gasteiger partial charge in [0.15, 0.2) is 0 Å². The minimum Gasteiger partial charge on any atom is -0.398 e. The van der Waals surface area contributed by atoms with Crippen LogP contribution in [0.4, 0.5) is 5.69 Å². The van der Waals surface area contributed by atoms with E-state index >= 15 is 0 Å². The van der Waals surface area contributed by atoms with E-state index in [2.05, 4.69) is 5.32 Å². The van der Waals surface area contributed by atoms with Crippen LogP contribution in [0, 0.1) is 6.92 Å². The van der Waals surface area contributed by atoms with Crippen molar-refractivity contribution in [1.29, 1.82) is 0 Å². The van der Waals surface area contributed by atoms with Crippen molar-refractivity contribution >= 4 is 34.5 Å². The second-order valence-corrected chi connectivity index (χ2v) is 6.10. The Balaban J connectivity index is 1.90. The summed E-state index contributed by atoms with van der Waals surface area (Å²) in [5.74, 6) is -0.139. The molecule has 0 unspecified atom stereocenters. The maximum absolute atomic E-state index is 12.0. The van der Waals surface area contributed by atoms with Gasteiger partial charge in [-0.05, 0) is 43.2 Å². The monoisotopic (exact) mass is 294 g/mol. The maximum Gasteiger partial charge on any atom is 0.253 e. The van der Waals surface area contributed by atoms with E-state index in [-0.39, 0.29) is 5.91 Å². The average molecular weight is 295 g/mol. The highest BCUT2D eigenvalue weighted by Gasteiger charge is 2.09. The number of hydrogen-bond acceptors (Lipinski definition) is 3. The lowest BCUT2D eigenvalue weighted by atomic mass is 10.1. The molecule has 0 aliphatic carbocycles. The van der Waals surface area contributed by atoms with Crippen LogP contribution in [0.2, 0.25) is 4.34 Å². The van der Waals surface area contributed by atoms with Crippen molar-refractivity contribution in [2.45, 2.75) is 13.3 Å². The van der Waals surface area contributed by atoms with E-state index in [4.69, 9.17) is 17.3 Å². The fourth-order valence-corrected chi connectivity index (χ4v) is 2.86. The standard InChI is InChI=1S/C14H15ClN2OS/c1-9-2-4-11(12(16)8-9)14(18)17-7-6-10-3-5-13(15)19-10/h2-5,8H,6-7,16H2,1H3,(H,17,18). The van der Waals surface area contributed by atoms with Crippen molar-refractivity contribution in [1.82, 2.24) is 5.32 Å². The predicted molar refractivity (Wildman–Crippen MR) is 81.0 cm³/mol. The molecule has 0 atom stereocenters. The van der Waals surface area contributed by atoms with Gasteiger partial charge in [0.25, 0.3) is 5.91 Å². The van der Waals surface area contributed by atoms with Gasteiger partial charge in [-0.25, -0.2) is 0 Å². The van der Waals surface area contributed by atoms with Crippen LogP contribution in [0.25, 0.3) is 0 Å². The van der Waals surface area contributed by atoms with Crippen LogP contribution < -0.4 is 11.1 Å². The number of carbonyl (C=O) groups excluding carboxylic acids is 1. The topological polar surface area (TPSA) is 55.1 Å². The van der Waals surface area contributed by atoms with E-state index in [1.54, 1.807) is 12.1 Å². The Hall–Kier alpha value is -1.52. The molecule has 3 N–H and O–H groups in total. The van der Waals surface area contributed by atoms with Crippen molar-refractivity contribution in [2.75, 3.05) is 12.3 Å². The molecule has 1 amide bonds. The highest BCUT2D eigenvalue weighted by Crippen LogP contribution is 2.21. The van der Waals surface area contributed by atoms with Crippen LogP contribution in [-0.4, -0.2) is 12.5 Å². The first-order chi connectivity index (χ1) is 9.06. The van der Waals surface area contributed by atoms with E-state index in [1.807, 2.05) is 25.1 Å². The summed E-state index contributed by atoms with van der Waals surface area (Å²) in [6, 6.07) is 9.26. The van der Waals surface area contributed by atoms with Gasteiger partial charge in [-0.2, -0.15) is 0 Å². The molecule has 1 heterocycles. The van der Waals surface area contributed by atoms with Crippen molar-refractivity contribution < 1.29 is 4.79 Å². The summed E-state index contributed by atoms with van der Waals surface area (Å²) in [4.78, 5) is 13.1. The van der Waals surface area contributed by atoms with E-state index in [0.29, 0.717) is 17.8 Å². The summed E-state index contributed by atoms with van der Waals surface area (Å²) in [6.07, 6.45) is 0.773. The smallest absolute Gasteiger partial charge is 0.253 e. The number of halogens is 1. The van der Waals surface area contributed by atoms with E-state index in [9.17, 15) is 4.79 Å². The van der Waals surface area contributed by atoms with Gasteiger partial charge in [0.05, 0.1) is 9.90 Å². The molecule has 0 saturated heterocycles. The van der Waals surface area contributed by atoms with Crippen LogP contribution in [0.3, 0.4) is 0 Å². The number of nitrogen functional groups attached to an aromatic ring is 1. The predicted octanol–water partition coefficient (Wildman–Crippen LogP) is 3.26. The van der Waals surface area contributed by atoms with Gasteiger partial charge in [0.1, 0.15) is 0 Å². The molecular weight excluding hydrogens is 280 g/mol. The molecule has 0 bridgehead atoms. The lowest BCUT2D eigenvalue weighted by molar-refractivity contribution is 0.0955. The first-order valence-electron chi connectivity index (χ1n) is 5.95. The summed E-state index contributed by atoms with van der Waals surface area (Å²) in [5.41, 5.74) is 7.91. The van der Waals surface area contributed by atoms with E-state index in [0.717, 1.165) is 21.2 Å². The molecule has 0 aliphatic heterocycles. The number of nitrogens with one attached hydrogen (secondary N) is 1. The van der Waals surface area contributed by atoms with Crippen LogP contribution in [0.5, 0.6) is 0 Å². The Kier molecular flexibility index (Phi) is 4.45. The summed E-state index contributed by atoms with van der Waals surface area (Å²) < 4.78 is 0.768. The van der Waals surface area contributed by atoms with Gasteiger partial charge in [-0.3, -0.25) is 4.79 Å². The van der Waals surface area contributed by atoms with Gasteiger partial charge in [0, 0.05) is 17.1 Å². The van der Waals surface area contributed by atoms with E-state index in [1.165, 1.54) is 11.3 Å². The number of aryl methyl sites for hydroxylation is 1. The molecule has 0 saturated carbocycles. The fourth-order valence-electron chi connectivity index (χ4n) is 1.77. The van der Waals surface area contributed by atoms with Crippen LogP contribution in [0.15, 0.2) is 30.3 Å². The number of amides is 1. The zero-order chi connectivity index (χ0) is 13.8. The zero-order valence-electron chi connectivity index (χ0n) is 10.6. The first-order valence-corrected chi connectivity index (χ1v) is 7.14. The third-order valence-corrected chi connectivity index (χ3v) is 4.03. The molecule has 3 nitrogen and oxygen atoms in total. The lowest BCUT2D eigenvalue weighted by Crippen LogP contribution is -2.26. The molecule has 0 radical (unpaired) electrons. The van der Waals surface area contributed by atoms with Crippen LogP contribution >= 0.6 is 22.9 Å². The maximum atomic E-state index is 12.0. The molecule has 100 valence electrons. The summed E-state index contributed by atoms with van der Waals surface area (Å²) in [6.45, 7) is 2.52. The summed E-state index contributed by atoms with van der Waals surface area (Å²) >= 11 is 7.38. The number of anilines is 1. The zero-order valence-corrected chi connectivity index (χ0v) is 12.1. The fraction of sp³-hybridized carbons (Fsp3) is 0.214. The molecule has 2 rings (SSSR count). The molecule has 0 spiro atoms. The van der Waals surface area contributed by atoms with Gasteiger partial charge in [-0.1, -0.05) is 17.7 Å². The first kappa shape index (κ1) is 13.9. The number of rotatable bonds is 4. The lowest BCUT2D eigenvalue weighted by Gasteiger charge is -2.07. The summed E-state index contributed by atoms with van der Waals surface area (Å²) in [7, 11) is 0. The van der Waals surface area contributed by atoms with E-state index < -0.39 is 0 Å². The second kappa shape index (κ2) is 6.08. The van der Waals surface area contributed by atoms with Gasteiger partial charge < -0.3 is 11.1 Å². The van der Waals surface area contributed by atoms with Gasteiger partial charge in [-0.15, -0.1) is 11.3 Å². The number of nitrogens with two attached hydrogens (primary N) is 1. The normalized spacial score (nSPS) is 10.4. The molecular formula is C14H15ClN2OS. The number of carbonyl (C=O) groups is 1. The largest absolute Gasteiger partial charge is 0.398 e. The Morgan fingerprint density at radius 1 is 1.37 bits per heavy atom. The highest BCUT2D eigenvalue weighted by molar-refractivity contribution is 7.16. The Morgan fingerprint density at radius 2 is 2.16 bits per heavy atom. The third-order valence-electron chi connectivity index (χ3n) is 2.74.